The molecule has 19 rings (SSSR count). The van der Waals surface area contributed by atoms with Gasteiger partial charge in [-0.1, -0.05) is 289 Å². The quantitative estimate of drug-likeness (QED) is 0.213. The highest BCUT2D eigenvalue weighted by Crippen LogP contribution is 2.72. The van der Waals surface area contributed by atoms with Gasteiger partial charge in [-0.15, -0.1) is 0 Å². The molecule has 3 nitrogen and oxygen atoms in total. The average Bonchev–Trinajstić information content (AvgIpc) is 0.792. The van der Waals surface area contributed by atoms with Gasteiger partial charge in [-0.05, 0) is 310 Å². The minimum Gasteiger partial charge on any atom is -0.295 e. The average molecular weight is 1480 g/mol. The van der Waals surface area contributed by atoms with Crippen LogP contribution in [0.15, 0.2) is 0 Å². The number of hydrogen-bond acceptors (Lipinski definition) is 3. The second kappa shape index (κ2) is 31.3. The molecule has 16 saturated carbocycles. The third-order valence-corrected chi connectivity index (χ3v) is 42.4. The van der Waals surface area contributed by atoms with Crippen LogP contribution in [-0.4, -0.2) is 75.8 Å². The highest BCUT2D eigenvalue weighted by Gasteiger charge is 2.71. The van der Waals surface area contributed by atoms with E-state index in [9.17, 15) is 0 Å². The molecule has 16 aliphatic carbocycles. The normalized spacial score (nSPS) is 49.0. The minimum atomic E-state index is 0.384. The Morgan fingerprint density at radius 1 is 0.204 bits per heavy atom. The number of rotatable bonds is 9. The van der Waals surface area contributed by atoms with E-state index >= 15 is 0 Å². The van der Waals surface area contributed by atoms with Crippen LogP contribution in [0.4, 0.5) is 0 Å². The number of likely N-dealkylation sites (tertiary alicyclic amines) is 1. The van der Waals surface area contributed by atoms with Crippen molar-refractivity contribution in [1.29, 1.82) is 0 Å². The zero-order valence-corrected chi connectivity index (χ0v) is 73.5. The van der Waals surface area contributed by atoms with Crippen molar-refractivity contribution in [2.45, 2.75) is 489 Å². The molecule has 108 heavy (non-hydrogen) atoms. The lowest BCUT2D eigenvalue weighted by Gasteiger charge is -2.73. The van der Waals surface area contributed by atoms with E-state index in [0.717, 1.165) is 221 Å². The van der Waals surface area contributed by atoms with Crippen LogP contribution >= 0.6 is 0 Å². The predicted octanol–water partition coefficient (Wildman–Crippen LogP) is 28.3. The molecule has 0 aromatic carbocycles. The predicted molar refractivity (Wildman–Crippen MR) is 458 cm³/mol. The highest BCUT2D eigenvalue weighted by atomic mass is 15.3. The summed E-state index contributed by atoms with van der Waals surface area (Å²) in [5.74, 6) is 25.9. The Morgan fingerprint density at radius 3 is 1.04 bits per heavy atom. The first-order chi connectivity index (χ1) is 52.1. The molecule has 0 aromatic rings. The van der Waals surface area contributed by atoms with Gasteiger partial charge in [0, 0.05) is 54.4 Å². The van der Waals surface area contributed by atoms with Crippen LogP contribution in [0.25, 0.3) is 0 Å². The van der Waals surface area contributed by atoms with E-state index in [4.69, 9.17) is 0 Å². The summed E-state index contributed by atoms with van der Waals surface area (Å²) in [4.78, 5) is 11.8. The van der Waals surface area contributed by atoms with E-state index < -0.39 is 0 Å². The molecule has 0 radical (unpaired) electrons. The van der Waals surface area contributed by atoms with Gasteiger partial charge in [0.2, 0.25) is 0 Å². The summed E-state index contributed by atoms with van der Waals surface area (Å²) < 4.78 is 0. The van der Waals surface area contributed by atoms with Gasteiger partial charge in [0.15, 0.2) is 6.71 Å². The Kier molecular flexibility index (Phi) is 22.5. The standard InChI is InChI=1S/C104H176BN3/c1-101(2,3)75-52-72-46-47-73-53-76(102(4,5)6)62-87-82(55-74(54-75)96(72)97(73)87)71-48-50-88-93(57-71)108(100-85(68-38-24-16-25-39-68)60-78(104(10,11)12)61-86(100)69-40-26-17-27-41-69)95-64-79(106-90-44-30-28-42-80(90)81-43-29-31-45-91(81)106)63-94-98(95)105(88)89-56-70(65-32-18-13-19-33-65)49-51-92(89)107(94)99-83(66-34-20-14-21-35-66)58-77(103(7,8)9)59-84(99)67-36-22-15-23-37-67/h65-100H,13-64H2,1-12H3. The first kappa shape index (κ1) is 77.8. The van der Waals surface area contributed by atoms with Crippen molar-refractivity contribution in [3.8, 4) is 0 Å². The molecule has 4 heteroatoms. The van der Waals surface area contributed by atoms with Crippen LogP contribution in [0.3, 0.4) is 0 Å². The van der Waals surface area contributed by atoms with Gasteiger partial charge < -0.3 is 0 Å². The number of nitrogens with zero attached hydrogens (tertiary/aromatic N) is 3. The molecular formula is C104H176BN3. The van der Waals surface area contributed by atoms with Gasteiger partial charge in [0.05, 0.1) is 0 Å². The fraction of sp³-hybridized carbons (Fsp3) is 1.00. The molecule has 0 aromatic heterocycles. The summed E-state index contributed by atoms with van der Waals surface area (Å²) in [6, 6.07) is 7.45. The van der Waals surface area contributed by atoms with Crippen molar-refractivity contribution in [3.05, 3.63) is 0 Å². The Bertz CT molecular complexity index is 2870. The second-order valence-corrected chi connectivity index (χ2v) is 50.7. The summed E-state index contributed by atoms with van der Waals surface area (Å²) in [5.41, 5.74) is 1.64. The maximum absolute atomic E-state index is 4.09. The van der Waals surface area contributed by atoms with Crippen molar-refractivity contribution < 1.29 is 0 Å². The van der Waals surface area contributed by atoms with Crippen LogP contribution in [0, 0.1) is 164 Å². The van der Waals surface area contributed by atoms with Crippen molar-refractivity contribution >= 4 is 6.71 Å². The first-order valence-corrected chi connectivity index (χ1v) is 51.4. The lowest BCUT2D eigenvalue weighted by Crippen LogP contribution is -2.78. The Labute approximate surface area is 669 Å². The molecule has 19 aliphatic rings. The topological polar surface area (TPSA) is 9.72 Å². The smallest absolute Gasteiger partial charge is 0.156 e. The second-order valence-electron chi connectivity index (χ2n) is 50.7. The Hall–Kier alpha value is -0.0551. The Balaban J connectivity index is 0.822. The van der Waals surface area contributed by atoms with Gasteiger partial charge in [-0.2, -0.15) is 0 Å². The molecule has 0 spiro atoms. The van der Waals surface area contributed by atoms with Crippen LogP contribution in [-0.2, 0) is 0 Å². The molecule has 3 heterocycles. The zero-order chi connectivity index (χ0) is 73.9. The molecule has 27 unspecified atom stereocenters. The van der Waals surface area contributed by atoms with Crippen molar-refractivity contribution in [3.63, 3.8) is 0 Å². The highest BCUT2D eigenvalue weighted by molar-refractivity contribution is 6.65. The maximum atomic E-state index is 4.09. The minimum absolute atomic E-state index is 0.384. The number of fused-ring (bicyclic) bond motifs is 7. The lowest BCUT2D eigenvalue weighted by molar-refractivity contribution is -0.161. The van der Waals surface area contributed by atoms with Crippen LogP contribution in [0.2, 0.25) is 17.5 Å². The van der Waals surface area contributed by atoms with Crippen molar-refractivity contribution in [2.24, 2.45) is 164 Å². The van der Waals surface area contributed by atoms with Gasteiger partial charge in [0.25, 0.3) is 0 Å². The van der Waals surface area contributed by atoms with Crippen LogP contribution < -0.4 is 0 Å². The fourth-order valence-corrected chi connectivity index (χ4v) is 37.7. The summed E-state index contributed by atoms with van der Waals surface area (Å²) in [5, 5.41) is 0. The summed E-state index contributed by atoms with van der Waals surface area (Å²) in [6.07, 6.45) is 81.6. The SMILES string of the molecule is CC(C)(C)C1CC2CCC3CC(C(C)(C)C)CC4C(C5CCC6B7C8CC(C9CCCCC9)CCC8N(C8C(C9CCCCC9)CC(C(C)(C)C)CC8C8CCCCC8)C8CC(N9C%10CCCCC%10C%10CCCCC%109)CC(C78)N(C7C(C8CCCCC8)CC(C(C)(C)C)CC7C7CCCCC7)C6C5)CC(C1)C2C34. The molecular weight excluding hydrogens is 1300 g/mol. The molecule has 0 N–H and O–H groups in total. The van der Waals surface area contributed by atoms with Gasteiger partial charge >= 0.3 is 0 Å². The van der Waals surface area contributed by atoms with E-state index in [-0.39, 0.29) is 0 Å². The van der Waals surface area contributed by atoms with Crippen molar-refractivity contribution in [2.75, 3.05) is 0 Å². The zero-order valence-electron chi connectivity index (χ0n) is 73.5. The Morgan fingerprint density at radius 2 is 0.574 bits per heavy atom. The van der Waals surface area contributed by atoms with Gasteiger partial charge in [-0.3, -0.25) is 14.7 Å². The van der Waals surface area contributed by atoms with E-state index in [1.165, 1.54) is 96.3 Å². The largest absolute Gasteiger partial charge is 0.295 e. The lowest BCUT2D eigenvalue weighted by atomic mass is 9.18. The molecule has 0 amide bonds. The fourth-order valence-electron chi connectivity index (χ4n) is 37.7. The maximum Gasteiger partial charge on any atom is 0.156 e. The van der Waals surface area contributed by atoms with Crippen molar-refractivity contribution in [1.82, 2.24) is 14.7 Å². The van der Waals surface area contributed by atoms with E-state index in [2.05, 4.69) is 97.8 Å². The summed E-state index contributed by atoms with van der Waals surface area (Å²) in [7, 11) is 0. The molecule has 610 valence electrons. The third kappa shape index (κ3) is 14.4. The van der Waals surface area contributed by atoms with E-state index in [1.807, 2.05) is 0 Å². The molecule has 27 atom stereocenters. The third-order valence-electron chi connectivity index (χ3n) is 42.4. The van der Waals surface area contributed by atoms with Gasteiger partial charge in [0.1, 0.15) is 0 Å². The number of hydrogen-bond donors (Lipinski definition) is 0. The molecule has 3 saturated heterocycles. The van der Waals surface area contributed by atoms with Crippen LogP contribution in [0.1, 0.15) is 417 Å². The summed E-state index contributed by atoms with van der Waals surface area (Å²) >= 11 is 0. The molecule has 19 fully saturated rings. The first-order valence-electron chi connectivity index (χ1n) is 51.4. The molecule has 3 aliphatic heterocycles. The van der Waals surface area contributed by atoms with E-state index in [0.29, 0.717) is 21.7 Å². The molecule has 0 bridgehead atoms. The van der Waals surface area contributed by atoms with E-state index in [1.54, 1.807) is 238 Å². The van der Waals surface area contributed by atoms with Crippen LogP contribution in [0.5, 0.6) is 0 Å². The summed E-state index contributed by atoms with van der Waals surface area (Å²) in [6.45, 7) is 34.0. The van der Waals surface area contributed by atoms with Gasteiger partial charge in [-0.25, -0.2) is 0 Å². The monoisotopic (exact) mass is 1480 g/mol.